The summed E-state index contributed by atoms with van der Waals surface area (Å²) in [5.41, 5.74) is 5.82. The molecule has 1 saturated carbocycles. The lowest BCUT2D eigenvalue weighted by atomic mass is 10.1. The first kappa shape index (κ1) is 15.7. The third kappa shape index (κ3) is 2.42. The van der Waals surface area contributed by atoms with Crippen molar-refractivity contribution in [2.45, 2.75) is 28.5 Å². The SMILES string of the molecule is Cc1ccc(S(=O)(=O)[C@@H]2[C@@H](c3cccc(F)c3)[C@]2(N)C#N)cc1. The average molecular weight is 330 g/mol. The van der Waals surface area contributed by atoms with E-state index in [0.717, 1.165) is 5.56 Å². The molecule has 1 fully saturated rings. The van der Waals surface area contributed by atoms with Gasteiger partial charge in [-0.2, -0.15) is 5.26 Å². The summed E-state index contributed by atoms with van der Waals surface area (Å²) in [6.07, 6.45) is 0. The zero-order valence-corrected chi connectivity index (χ0v) is 13.2. The molecule has 0 amide bonds. The first-order chi connectivity index (χ1) is 10.8. The van der Waals surface area contributed by atoms with Crippen LogP contribution in [0.5, 0.6) is 0 Å². The molecule has 4 nitrogen and oxygen atoms in total. The fraction of sp³-hybridized carbons (Fsp3) is 0.235. The van der Waals surface area contributed by atoms with Crippen LogP contribution in [0.4, 0.5) is 4.39 Å². The molecule has 0 radical (unpaired) electrons. The number of rotatable bonds is 3. The molecule has 23 heavy (non-hydrogen) atoms. The molecule has 0 aromatic heterocycles. The van der Waals surface area contributed by atoms with Crippen LogP contribution in [0.3, 0.4) is 0 Å². The Bertz CT molecular complexity index is 903. The van der Waals surface area contributed by atoms with E-state index in [1.807, 2.05) is 13.0 Å². The molecule has 3 atom stereocenters. The van der Waals surface area contributed by atoms with Crippen LogP contribution in [-0.2, 0) is 9.84 Å². The maximum Gasteiger partial charge on any atom is 0.184 e. The van der Waals surface area contributed by atoms with Crippen LogP contribution >= 0.6 is 0 Å². The van der Waals surface area contributed by atoms with Gasteiger partial charge in [0.2, 0.25) is 0 Å². The van der Waals surface area contributed by atoms with Crippen molar-refractivity contribution >= 4 is 9.84 Å². The minimum absolute atomic E-state index is 0.122. The number of aryl methyl sites for hydroxylation is 1. The Balaban J connectivity index is 2.05. The number of halogens is 1. The van der Waals surface area contributed by atoms with E-state index in [4.69, 9.17) is 5.73 Å². The highest BCUT2D eigenvalue weighted by molar-refractivity contribution is 7.92. The van der Waals surface area contributed by atoms with Gasteiger partial charge < -0.3 is 5.73 Å². The first-order valence-electron chi connectivity index (χ1n) is 7.07. The van der Waals surface area contributed by atoms with Crippen molar-refractivity contribution in [3.63, 3.8) is 0 Å². The van der Waals surface area contributed by atoms with Crippen molar-refractivity contribution in [2.75, 3.05) is 0 Å². The molecule has 1 aliphatic rings. The number of benzene rings is 2. The predicted octanol–water partition coefficient (Wildman–Crippen LogP) is 2.29. The van der Waals surface area contributed by atoms with Gasteiger partial charge in [0.05, 0.1) is 11.0 Å². The number of sulfone groups is 1. The standard InChI is InChI=1S/C17H15FN2O2S/c1-11-5-7-14(8-6-11)23(21,22)16-15(17(16,20)10-19)12-3-2-4-13(18)9-12/h2-9,15-16H,20H2,1H3/t15-,16-,17-/m1/s1. The van der Waals surface area contributed by atoms with Gasteiger partial charge in [-0.05, 0) is 36.8 Å². The van der Waals surface area contributed by atoms with E-state index < -0.39 is 32.4 Å². The second-order valence-electron chi connectivity index (χ2n) is 5.86. The van der Waals surface area contributed by atoms with Gasteiger partial charge in [0, 0.05) is 5.92 Å². The molecular weight excluding hydrogens is 315 g/mol. The van der Waals surface area contributed by atoms with Gasteiger partial charge in [-0.1, -0.05) is 29.8 Å². The lowest BCUT2D eigenvalue weighted by molar-refractivity contribution is 0.591. The van der Waals surface area contributed by atoms with E-state index >= 15 is 0 Å². The molecule has 6 heteroatoms. The van der Waals surface area contributed by atoms with Crippen molar-refractivity contribution in [1.29, 1.82) is 5.26 Å². The largest absolute Gasteiger partial charge is 0.312 e. The highest BCUT2D eigenvalue weighted by Crippen LogP contribution is 2.55. The normalized spacial score (nSPS) is 26.5. The maximum atomic E-state index is 13.4. The third-order valence-electron chi connectivity index (χ3n) is 4.26. The lowest BCUT2D eigenvalue weighted by Crippen LogP contribution is -2.29. The second-order valence-corrected chi connectivity index (χ2v) is 7.93. The monoisotopic (exact) mass is 330 g/mol. The molecule has 2 N–H and O–H groups in total. The Morgan fingerprint density at radius 1 is 1.22 bits per heavy atom. The van der Waals surface area contributed by atoms with E-state index in [0.29, 0.717) is 5.56 Å². The highest BCUT2D eigenvalue weighted by Gasteiger charge is 2.70. The molecule has 0 bridgehead atoms. The zero-order valence-electron chi connectivity index (χ0n) is 12.4. The van der Waals surface area contributed by atoms with Crippen molar-refractivity contribution in [3.05, 3.63) is 65.5 Å². The van der Waals surface area contributed by atoms with Crippen molar-refractivity contribution in [3.8, 4) is 6.07 Å². The molecule has 2 aromatic rings. The van der Waals surface area contributed by atoms with Crippen LogP contribution in [0.15, 0.2) is 53.4 Å². The summed E-state index contributed by atoms with van der Waals surface area (Å²) < 4.78 is 39.1. The third-order valence-corrected chi connectivity index (χ3v) is 6.52. The predicted molar refractivity (Wildman–Crippen MR) is 83.8 cm³/mol. The molecule has 0 saturated heterocycles. The summed E-state index contributed by atoms with van der Waals surface area (Å²) in [5.74, 6) is -1.23. The van der Waals surface area contributed by atoms with E-state index in [2.05, 4.69) is 0 Å². The Kier molecular flexibility index (Phi) is 3.51. The number of hydrogen-bond donors (Lipinski definition) is 1. The molecule has 3 rings (SSSR count). The summed E-state index contributed by atoms with van der Waals surface area (Å²) in [5, 5.41) is 8.28. The summed E-state index contributed by atoms with van der Waals surface area (Å²) in [4.78, 5) is 0.122. The molecule has 0 heterocycles. The quantitative estimate of drug-likeness (QED) is 0.936. The number of nitrogens with zero attached hydrogens (tertiary/aromatic N) is 1. The highest BCUT2D eigenvalue weighted by atomic mass is 32.2. The topological polar surface area (TPSA) is 83.9 Å². The Hall–Kier alpha value is -2.23. The second kappa shape index (κ2) is 5.15. The van der Waals surface area contributed by atoms with E-state index in [1.165, 1.54) is 30.3 Å². The number of nitriles is 1. The number of nitrogens with two attached hydrogens (primary N) is 1. The van der Waals surface area contributed by atoms with E-state index in [-0.39, 0.29) is 4.90 Å². The minimum atomic E-state index is -3.78. The van der Waals surface area contributed by atoms with Gasteiger partial charge in [0.15, 0.2) is 9.84 Å². The molecule has 1 aliphatic carbocycles. The van der Waals surface area contributed by atoms with Gasteiger partial charge in [-0.25, -0.2) is 12.8 Å². The molecule has 118 valence electrons. The minimum Gasteiger partial charge on any atom is -0.312 e. The number of hydrogen-bond acceptors (Lipinski definition) is 4. The molecule has 0 unspecified atom stereocenters. The fourth-order valence-corrected chi connectivity index (χ4v) is 5.15. The fourth-order valence-electron chi connectivity index (χ4n) is 2.97. The Morgan fingerprint density at radius 2 is 1.87 bits per heavy atom. The van der Waals surface area contributed by atoms with Gasteiger partial charge in [0.1, 0.15) is 16.6 Å². The smallest absolute Gasteiger partial charge is 0.184 e. The Labute approximate surface area is 134 Å². The Morgan fingerprint density at radius 3 is 2.43 bits per heavy atom. The molecule has 0 aliphatic heterocycles. The van der Waals surface area contributed by atoms with Crippen LogP contribution in [0.1, 0.15) is 17.0 Å². The molecule has 0 spiro atoms. The van der Waals surface area contributed by atoms with Crippen LogP contribution in [-0.4, -0.2) is 19.2 Å². The molecular formula is C17H15FN2O2S. The van der Waals surface area contributed by atoms with Crippen molar-refractivity contribution in [1.82, 2.24) is 0 Å². The van der Waals surface area contributed by atoms with Gasteiger partial charge >= 0.3 is 0 Å². The summed E-state index contributed by atoms with van der Waals surface area (Å²) in [7, 11) is -3.78. The summed E-state index contributed by atoms with van der Waals surface area (Å²) in [6.45, 7) is 1.85. The maximum absolute atomic E-state index is 13.4. The van der Waals surface area contributed by atoms with Crippen molar-refractivity contribution < 1.29 is 12.8 Å². The summed E-state index contributed by atoms with van der Waals surface area (Å²) in [6, 6.07) is 13.9. The molecule has 2 aromatic carbocycles. The lowest BCUT2D eigenvalue weighted by Gasteiger charge is -2.05. The van der Waals surface area contributed by atoms with Crippen molar-refractivity contribution in [2.24, 2.45) is 5.73 Å². The van der Waals surface area contributed by atoms with E-state index in [1.54, 1.807) is 18.2 Å². The first-order valence-corrected chi connectivity index (χ1v) is 8.61. The van der Waals surface area contributed by atoms with Crippen LogP contribution in [0.25, 0.3) is 0 Å². The van der Waals surface area contributed by atoms with Crippen LogP contribution < -0.4 is 5.73 Å². The average Bonchev–Trinajstić information content (AvgIpc) is 3.15. The van der Waals surface area contributed by atoms with Crippen LogP contribution in [0, 0.1) is 24.1 Å². The zero-order chi connectivity index (χ0) is 16.8. The van der Waals surface area contributed by atoms with Gasteiger partial charge in [-0.3, -0.25) is 0 Å². The summed E-state index contributed by atoms with van der Waals surface area (Å²) >= 11 is 0. The van der Waals surface area contributed by atoms with Crippen LogP contribution in [0.2, 0.25) is 0 Å². The van der Waals surface area contributed by atoms with Gasteiger partial charge in [-0.15, -0.1) is 0 Å². The van der Waals surface area contributed by atoms with E-state index in [9.17, 15) is 18.1 Å². The van der Waals surface area contributed by atoms with Gasteiger partial charge in [0.25, 0.3) is 0 Å².